The molecular weight excluding hydrogens is 375 g/mol. The second kappa shape index (κ2) is 7.44. The van der Waals surface area contributed by atoms with E-state index in [1.807, 2.05) is 0 Å². The summed E-state index contributed by atoms with van der Waals surface area (Å²) in [4.78, 5) is 25.9. The zero-order valence-corrected chi connectivity index (χ0v) is 15.3. The molecule has 27 heavy (non-hydrogen) atoms. The fourth-order valence-corrected chi connectivity index (χ4v) is 3.62. The van der Waals surface area contributed by atoms with Crippen LogP contribution < -0.4 is 10.5 Å². The lowest BCUT2D eigenvalue weighted by Crippen LogP contribution is -2.40. The average molecular weight is 393 g/mol. The van der Waals surface area contributed by atoms with Gasteiger partial charge in [0.15, 0.2) is 0 Å². The van der Waals surface area contributed by atoms with Crippen LogP contribution >= 0.6 is 11.6 Å². The highest BCUT2D eigenvalue weighted by Crippen LogP contribution is 2.40. The Morgan fingerprint density at radius 2 is 2.11 bits per heavy atom. The number of hydrogen-bond acceptors (Lipinski definition) is 4. The first-order valence-corrected chi connectivity index (χ1v) is 8.63. The Bertz CT molecular complexity index is 919. The van der Waals surface area contributed by atoms with Crippen LogP contribution in [0.3, 0.4) is 0 Å². The molecule has 1 atom stereocenters. The van der Waals surface area contributed by atoms with Gasteiger partial charge >= 0.3 is 0 Å². The summed E-state index contributed by atoms with van der Waals surface area (Å²) in [5.74, 6) is -1.66. The number of carbonyl (C=O) groups excluding carboxylic acids is 2. The van der Waals surface area contributed by atoms with E-state index in [1.54, 1.807) is 6.07 Å². The molecule has 2 amide bonds. The molecule has 0 bridgehead atoms. The van der Waals surface area contributed by atoms with E-state index < -0.39 is 23.7 Å². The van der Waals surface area contributed by atoms with Gasteiger partial charge in [0, 0.05) is 5.02 Å². The van der Waals surface area contributed by atoms with Gasteiger partial charge < -0.3 is 20.5 Å². The van der Waals surface area contributed by atoms with Crippen molar-refractivity contribution in [1.82, 2.24) is 4.90 Å². The number of primary amides is 1. The number of benzene rings is 2. The predicted molar refractivity (Wildman–Crippen MR) is 97.4 cm³/mol. The zero-order chi connectivity index (χ0) is 19.7. The molecule has 0 saturated heterocycles. The smallest absolute Gasteiger partial charge is 0.258 e. The number of aromatic hydroxyl groups is 1. The second-order valence-electron chi connectivity index (χ2n) is 6.29. The summed E-state index contributed by atoms with van der Waals surface area (Å²) in [6, 6.07) is 6.43. The van der Waals surface area contributed by atoms with Crippen LogP contribution in [0.2, 0.25) is 5.02 Å². The lowest BCUT2D eigenvalue weighted by atomic mass is 10.0. The maximum atomic E-state index is 14.2. The number of methoxy groups -OCH3 is 1. The van der Waals surface area contributed by atoms with Gasteiger partial charge in [0.2, 0.25) is 5.91 Å². The van der Waals surface area contributed by atoms with Crippen LogP contribution in [0.15, 0.2) is 30.3 Å². The number of ether oxygens (including phenoxy) is 1. The molecule has 0 aromatic heterocycles. The number of nitrogens with two attached hydrogens (primary N) is 1. The Morgan fingerprint density at radius 1 is 1.37 bits per heavy atom. The molecule has 3 N–H and O–H groups in total. The van der Waals surface area contributed by atoms with Crippen LogP contribution in [0.4, 0.5) is 4.39 Å². The lowest BCUT2D eigenvalue weighted by Gasteiger charge is -2.29. The summed E-state index contributed by atoms with van der Waals surface area (Å²) < 4.78 is 19.3. The van der Waals surface area contributed by atoms with Gasteiger partial charge in [-0.15, -0.1) is 0 Å². The van der Waals surface area contributed by atoms with Crippen molar-refractivity contribution >= 4 is 23.4 Å². The minimum atomic E-state index is -0.721. The summed E-state index contributed by atoms with van der Waals surface area (Å²) in [7, 11) is 1.43. The van der Waals surface area contributed by atoms with E-state index in [9.17, 15) is 19.1 Å². The van der Waals surface area contributed by atoms with Gasteiger partial charge in [-0.2, -0.15) is 0 Å². The highest BCUT2D eigenvalue weighted by atomic mass is 35.5. The van der Waals surface area contributed by atoms with E-state index in [-0.39, 0.29) is 22.9 Å². The molecule has 6 nitrogen and oxygen atoms in total. The van der Waals surface area contributed by atoms with E-state index in [0.29, 0.717) is 29.7 Å². The molecule has 2 aromatic rings. The normalized spacial score (nSPS) is 15.3. The molecule has 0 unspecified atom stereocenters. The maximum Gasteiger partial charge on any atom is 0.258 e. The minimum absolute atomic E-state index is 0.0356. The van der Waals surface area contributed by atoms with Gasteiger partial charge in [-0.1, -0.05) is 11.6 Å². The number of halogens is 2. The van der Waals surface area contributed by atoms with Gasteiger partial charge in [0.05, 0.1) is 18.7 Å². The van der Waals surface area contributed by atoms with E-state index >= 15 is 0 Å². The van der Waals surface area contributed by atoms with Crippen molar-refractivity contribution in [2.75, 3.05) is 13.7 Å². The molecule has 2 aromatic carbocycles. The highest BCUT2D eigenvalue weighted by molar-refractivity contribution is 6.30. The van der Waals surface area contributed by atoms with Gasteiger partial charge in [0.25, 0.3) is 5.91 Å². The summed E-state index contributed by atoms with van der Waals surface area (Å²) in [6.45, 7) is -0.381. The molecule has 8 heteroatoms. The molecule has 142 valence electrons. The predicted octanol–water partition coefficient (Wildman–Crippen LogP) is 2.81. The maximum absolute atomic E-state index is 14.2. The molecule has 0 heterocycles. The summed E-state index contributed by atoms with van der Waals surface area (Å²) in [6.07, 6.45) is 0.811. The number of amides is 2. The van der Waals surface area contributed by atoms with Crippen molar-refractivity contribution in [2.45, 2.75) is 18.9 Å². The highest BCUT2D eigenvalue weighted by Gasteiger charge is 2.35. The van der Waals surface area contributed by atoms with Crippen LogP contribution in [0.5, 0.6) is 11.5 Å². The molecule has 1 aliphatic rings. The number of carbonyl (C=O) groups is 2. The van der Waals surface area contributed by atoms with E-state index in [2.05, 4.69) is 0 Å². The summed E-state index contributed by atoms with van der Waals surface area (Å²) in [5.41, 5.74) is 6.29. The molecule has 3 rings (SSSR count). The Kier molecular flexibility index (Phi) is 5.23. The zero-order valence-electron chi connectivity index (χ0n) is 14.5. The third-order valence-corrected chi connectivity index (χ3v) is 4.84. The monoisotopic (exact) mass is 392 g/mol. The fraction of sp³-hybridized carbons (Fsp3) is 0.263. The quantitative estimate of drug-likeness (QED) is 0.818. The number of phenolic OH excluding ortho intramolecular Hbond substituents is 1. The van der Waals surface area contributed by atoms with Gasteiger partial charge in [-0.25, -0.2) is 4.39 Å². The van der Waals surface area contributed by atoms with Crippen LogP contribution in [-0.4, -0.2) is 35.5 Å². The van der Waals surface area contributed by atoms with Crippen molar-refractivity contribution in [3.8, 4) is 11.5 Å². The Hall–Kier alpha value is -2.80. The first-order valence-electron chi connectivity index (χ1n) is 8.26. The van der Waals surface area contributed by atoms with E-state index in [1.165, 1.54) is 36.3 Å². The van der Waals surface area contributed by atoms with Crippen molar-refractivity contribution < 1.29 is 23.8 Å². The SMILES string of the molecule is COc1ccc(O)c(C(=O)N(CC(N)=O)[C@@H]2CCc3c(F)cc(Cl)cc32)c1. The van der Waals surface area contributed by atoms with Crippen molar-refractivity contribution in [3.63, 3.8) is 0 Å². The van der Waals surface area contributed by atoms with Gasteiger partial charge in [0.1, 0.15) is 23.9 Å². The number of phenols is 1. The lowest BCUT2D eigenvalue weighted by molar-refractivity contribution is -0.119. The number of fused-ring (bicyclic) bond motifs is 1. The standard InChI is InChI=1S/C19H18ClFN2O4/c1-27-11-2-5-17(24)14(8-11)19(26)23(9-18(22)25)16-4-3-12-13(16)6-10(20)7-15(12)21/h2,5-8,16,24H,3-4,9H2,1H3,(H2,22,25)/t16-/m1/s1. The number of hydrogen-bond donors (Lipinski definition) is 2. The second-order valence-corrected chi connectivity index (χ2v) is 6.73. The first kappa shape index (κ1) is 19.0. The van der Waals surface area contributed by atoms with E-state index in [0.717, 1.165) is 0 Å². The van der Waals surface area contributed by atoms with Gasteiger partial charge in [-0.05, 0) is 54.3 Å². The average Bonchev–Trinajstić information content (AvgIpc) is 3.03. The van der Waals surface area contributed by atoms with Crippen molar-refractivity contribution in [1.29, 1.82) is 0 Å². The topological polar surface area (TPSA) is 92.9 Å². The Morgan fingerprint density at radius 3 is 2.78 bits per heavy atom. The van der Waals surface area contributed by atoms with E-state index in [4.69, 9.17) is 22.1 Å². The molecule has 0 saturated carbocycles. The number of rotatable bonds is 5. The van der Waals surface area contributed by atoms with Crippen molar-refractivity contribution in [2.24, 2.45) is 5.73 Å². The fourth-order valence-electron chi connectivity index (χ4n) is 3.40. The van der Waals surface area contributed by atoms with Crippen LogP contribution in [0.25, 0.3) is 0 Å². The van der Waals surface area contributed by atoms with Crippen LogP contribution in [0.1, 0.15) is 33.9 Å². The molecule has 1 aliphatic carbocycles. The van der Waals surface area contributed by atoms with Crippen LogP contribution in [0, 0.1) is 5.82 Å². The summed E-state index contributed by atoms with van der Waals surface area (Å²) >= 11 is 5.97. The molecular formula is C19H18ClFN2O4. The third kappa shape index (κ3) is 3.68. The van der Waals surface area contributed by atoms with Crippen molar-refractivity contribution in [3.05, 3.63) is 57.9 Å². The molecule has 0 spiro atoms. The minimum Gasteiger partial charge on any atom is -0.507 e. The Balaban J connectivity index is 2.04. The van der Waals surface area contributed by atoms with Crippen LogP contribution in [-0.2, 0) is 11.2 Å². The Labute approximate surface area is 160 Å². The largest absolute Gasteiger partial charge is 0.507 e. The third-order valence-electron chi connectivity index (χ3n) is 4.62. The van der Waals surface area contributed by atoms with Gasteiger partial charge in [-0.3, -0.25) is 9.59 Å². The summed E-state index contributed by atoms with van der Waals surface area (Å²) in [5, 5.41) is 10.3. The molecule has 0 aliphatic heterocycles. The molecule has 0 radical (unpaired) electrons. The first-order chi connectivity index (χ1) is 12.8. The molecule has 0 fully saturated rings. The number of nitrogens with zero attached hydrogens (tertiary/aromatic N) is 1.